The maximum atomic E-state index is 13.7. The van der Waals surface area contributed by atoms with E-state index >= 15 is 0 Å². The number of rotatable bonds is 5. The minimum atomic E-state index is -0.457. The first-order valence-electron chi connectivity index (χ1n) is 5.70. The van der Waals surface area contributed by atoms with Crippen LogP contribution in [-0.2, 0) is 6.42 Å². The molecule has 1 aromatic rings. The number of halogens is 2. The summed E-state index contributed by atoms with van der Waals surface area (Å²) in [6.45, 7) is 4.30. The van der Waals surface area contributed by atoms with Crippen LogP contribution in [0.1, 0.15) is 19.4 Å². The Morgan fingerprint density at radius 3 is 2.59 bits per heavy atom. The second-order valence-corrected chi connectivity index (χ2v) is 5.71. The zero-order valence-corrected chi connectivity index (χ0v) is 11.8. The molecule has 2 nitrogen and oxygen atoms in total. The van der Waals surface area contributed by atoms with Gasteiger partial charge in [0.1, 0.15) is 5.82 Å². The van der Waals surface area contributed by atoms with Gasteiger partial charge in [-0.05, 0) is 36.1 Å². The third-order valence-corrected chi connectivity index (χ3v) is 3.99. The Bertz CT molecular complexity index is 378. The average Bonchev–Trinajstić information content (AvgIpc) is 2.30. The van der Waals surface area contributed by atoms with Crippen LogP contribution in [0.25, 0.3) is 0 Å². The van der Waals surface area contributed by atoms with E-state index in [2.05, 4.69) is 15.9 Å². The van der Waals surface area contributed by atoms with Crippen molar-refractivity contribution in [2.45, 2.75) is 20.3 Å². The Morgan fingerprint density at radius 1 is 1.47 bits per heavy atom. The van der Waals surface area contributed by atoms with Crippen molar-refractivity contribution in [3.63, 3.8) is 0 Å². The van der Waals surface area contributed by atoms with Gasteiger partial charge in [0, 0.05) is 16.4 Å². The molecule has 96 valence electrons. The Labute approximate surface area is 110 Å². The molecule has 0 spiro atoms. The van der Waals surface area contributed by atoms with E-state index in [0.717, 1.165) is 4.47 Å². The highest BCUT2D eigenvalue weighted by Crippen LogP contribution is 2.32. The first-order chi connectivity index (χ1) is 7.95. The van der Waals surface area contributed by atoms with E-state index in [9.17, 15) is 9.50 Å². The van der Waals surface area contributed by atoms with E-state index in [1.165, 1.54) is 6.07 Å². The molecule has 0 bridgehead atoms. The van der Waals surface area contributed by atoms with E-state index in [4.69, 9.17) is 5.73 Å². The molecule has 0 fully saturated rings. The lowest BCUT2D eigenvalue weighted by Gasteiger charge is -2.35. The van der Waals surface area contributed by atoms with Crippen molar-refractivity contribution in [3.05, 3.63) is 34.1 Å². The van der Waals surface area contributed by atoms with E-state index in [1.54, 1.807) is 12.1 Å². The fourth-order valence-electron chi connectivity index (χ4n) is 1.87. The summed E-state index contributed by atoms with van der Waals surface area (Å²) in [5.41, 5.74) is 5.89. The predicted molar refractivity (Wildman–Crippen MR) is 71.2 cm³/mol. The van der Waals surface area contributed by atoms with Crippen molar-refractivity contribution >= 4 is 15.9 Å². The Balaban J connectivity index is 3.05. The maximum absolute atomic E-state index is 13.7. The summed E-state index contributed by atoms with van der Waals surface area (Å²) in [4.78, 5) is 0. The van der Waals surface area contributed by atoms with Crippen LogP contribution >= 0.6 is 15.9 Å². The van der Waals surface area contributed by atoms with Gasteiger partial charge in [0.15, 0.2) is 0 Å². The molecule has 0 amide bonds. The third kappa shape index (κ3) is 3.27. The van der Waals surface area contributed by atoms with Gasteiger partial charge < -0.3 is 10.8 Å². The summed E-state index contributed by atoms with van der Waals surface area (Å²) in [6, 6.07) is 4.84. The number of nitrogens with two attached hydrogens (primary N) is 1. The lowest BCUT2D eigenvalue weighted by molar-refractivity contribution is 0.0834. The Kier molecular flexibility index (Phi) is 5.10. The fraction of sp³-hybridized carbons (Fsp3) is 0.538. The summed E-state index contributed by atoms with van der Waals surface area (Å²) in [7, 11) is 0. The molecular formula is C13H19BrFNO. The zero-order valence-electron chi connectivity index (χ0n) is 10.2. The van der Waals surface area contributed by atoms with Gasteiger partial charge in [-0.3, -0.25) is 0 Å². The van der Waals surface area contributed by atoms with E-state index < -0.39 is 5.41 Å². The van der Waals surface area contributed by atoms with E-state index in [1.807, 2.05) is 13.8 Å². The van der Waals surface area contributed by atoms with Gasteiger partial charge in [0.05, 0.1) is 6.61 Å². The fourth-order valence-corrected chi connectivity index (χ4v) is 2.28. The normalized spacial score (nSPS) is 15.0. The van der Waals surface area contributed by atoms with Crippen LogP contribution in [0.4, 0.5) is 4.39 Å². The standard InChI is InChI=1S/C13H19BrFNO/c1-9(2)13(7-16,8-17)6-10-5-11(14)3-4-12(10)15/h3-5,9,17H,6-8,16H2,1-2H3. The second kappa shape index (κ2) is 5.94. The van der Waals surface area contributed by atoms with Gasteiger partial charge >= 0.3 is 0 Å². The van der Waals surface area contributed by atoms with E-state index in [-0.39, 0.29) is 18.3 Å². The van der Waals surface area contributed by atoms with Crippen LogP contribution in [0.2, 0.25) is 0 Å². The van der Waals surface area contributed by atoms with Crippen molar-refractivity contribution in [3.8, 4) is 0 Å². The molecule has 0 radical (unpaired) electrons. The molecular weight excluding hydrogens is 285 g/mol. The highest BCUT2D eigenvalue weighted by molar-refractivity contribution is 9.10. The topological polar surface area (TPSA) is 46.2 Å². The molecule has 0 aliphatic rings. The Morgan fingerprint density at radius 2 is 2.12 bits per heavy atom. The molecule has 17 heavy (non-hydrogen) atoms. The van der Waals surface area contributed by atoms with Gasteiger partial charge in [0.2, 0.25) is 0 Å². The van der Waals surface area contributed by atoms with Crippen LogP contribution < -0.4 is 5.73 Å². The number of benzene rings is 1. The minimum Gasteiger partial charge on any atom is -0.396 e. The first-order valence-corrected chi connectivity index (χ1v) is 6.49. The quantitative estimate of drug-likeness (QED) is 0.878. The summed E-state index contributed by atoms with van der Waals surface area (Å²) < 4.78 is 14.5. The predicted octanol–water partition coefficient (Wildman–Crippen LogP) is 2.72. The van der Waals surface area contributed by atoms with Gasteiger partial charge in [-0.1, -0.05) is 29.8 Å². The van der Waals surface area contributed by atoms with Crippen molar-refractivity contribution < 1.29 is 9.50 Å². The minimum absolute atomic E-state index is 0.0346. The van der Waals surface area contributed by atoms with Crippen molar-refractivity contribution in [2.24, 2.45) is 17.1 Å². The molecule has 1 aromatic carbocycles. The summed E-state index contributed by atoms with van der Waals surface area (Å²) >= 11 is 3.32. The first kappa shape index (κ1) is 14.6. The van der Waals surface area contributed by atoms with Crippen molar-refractivity contribution in [2.75, 3.05) is 13.2 Å². The number of aliphatic hydroxyl groups excluding tert-OH is 1. The molecule has 4 heteroatoms. The van der Waals surface area contributed by atoms with Crippen molar-refractivity contribution in [1.29, 1.82) is 0 Å². The average molecular weight is 304 g/mol. The monoisotopic (exact) mass is 303 g/mol. The van der Waals surface area contributed by atoms with Gasteiger partial charge in [-0.2, -0.15) is 0 Å². The highest BCUT2D eigenvalue weighted by Gasteiger charge is 2.32. The lowest BCUT2D eigenvalue weighted by atomic mass is 9.73. The molecule has 1 rings (SSSR count). The van der Waals surface area contributed by atoms with Gasteiger partial charge in [-0.15, -0.1) is 0 Å². The van der Waals surface area contributed by atoms with Crippen LogP contribution in [0.15, 0.2) is 22.7 Å². The summed E-state index contributed by atoms with van der Waals surface area (Å²) in [5, 5.41) is 9.55. The van der Waals surface area contributed by atoms with Crippen molar-refractivity contribution in [1.82, 2.24) is 0 Å². The van der Waals surface area contributed by atoms with Gasteiger partial charge in [0.25, 0.3) is 0 Å². The summed E-state index contributed by atoms with van der Waals surface area (Å²) in [6.07, 6.45) is 0.447. The summed E-state index contributed by atoms with van der Waals surface area (Å²) in [5.74, 6) is -0.0593. The molecule has 0 aliphatic carbocycles. The van der Waals surface area contributed by atoms with Crippen LogP contribution in [0.3, 0.4) is 0 Å². The zero-order chi connectivity index (χ0) is 13.1. The van der Waals surface area contributed by atoms with Crippen LogP contribution in [-0.4, -0.2) is 18.3 Å². The molecule has 0 saturated carbocycles. The lowest BCUT2D eigenvalue weighted by Crippen LogP contribution is -2.41. The van der Waals surface area contributed by atoms with Crippen LogP contribution in [0.5, 0.6) is 0 Å². The molecule has 0 heterocycles. The SMILES string of the molecule is CC(C)C(CN)(CO)Cc1cc(Br)ccc1F. The number of aliphatic hydroxyl groups is 1. The molecule has 0 aliphatic heterocycles. The van der Waals surface area contributed by atoms with Gasteiger partial charge in [-0.25, -0.2) is 4.39 Å². The molecule has 1 unspecified atom stereocenters. The molecule has 1 atom stereocenters. The molecule has 3 N–H and O–H groups in total. The Hall–Kier alpha value is -0.450. The number of hydrogen-bond donors (Lipinski definition) is 2. The number of hydrogen-bond acceptors (Lipinski definition) is 2. The molecule has 0 saturated heterocycles. The molecule has 0 aromatic heterocycles. The highest BCUT2D eigenvalue weighted by atomic mass is 79.9. The van der Waals surface area contributed by atoms with Crippen LogP contribution in [0, 0.1) is 17.2 Å². The second-order valence-electron chi connectivity index (χ2n) is 4.79. The van der Waals surface area contributed by atoms with E-state index in [0.29, 0.717) is 18.5 Å². The third-order valence-electron chi connectivity index (χ3n) is 3.50. The smallest absolute Gasteiger partial charge is 0.126 e. The largest absolute Gasteiger partial charge is 0.396 e. The maximum Gasteiger partial charge on any atom is 0.126 e.